The highest BCUT2D eigenvalue weighted by atomic mass is 35.5. The summed E-state index contributed by atoms with van der Waals surface area (Å²) < 4.78 is 0. The molecule has 1 amide bonds. The number of non-ortho nitro benzene ring substituents is 1. The Labute approximate surface area is 148 Å². The van der Waals surface area contributed by atoms with E-state index in [1.165, 1.54) is 24.3 Å². The molecule has 2 N–H and O–H groups in total. The van der Waals surface area contributed by atoms with Crippen LogP contribution >= 0.6 is 11.6 Å². The number of hydrogen-bond acceptors (Lipinski definition) is 4. The van der Waals surface area contributed by atoms with Crippen molar-refractivity contribution in [3.8, 4) is 0 Å². The third-order valence-corrected chi connectivity index (χ3v) is 3.95. The van der Waals surface area contributed by atoms with Gasteiger partial charge in [0.2, 0.25) is 0 Å². The highest BCUT2D eigenvalue weighted by Gasteiger charge is 2.23. The van der Waals surface area contributed by atoms with E-state index >= 15 is 0 Å². The van der Waals surface area contributed by atoms with Gasteiger partial charge in [-0.1, -0.05) is 35.9 Å². The van der Waals surface area contributed by atoms with Crippen LogP contribution in [0, 0.1) is 17.0 Å². The first-order valence-corrected chi connectivity index (χ1v) is 7.69. The zero-order valence-electron chi connectivity index (χ0n) is 13.2. The third-order valence-electron chi connectivity index (χ3n) is 3.64. The highest BCUT2D eigenvalue weighted by Crippen LogP contribution is 2.20. The molecule has 0 unspecified atom stereocenters. The van der Waals surface area contributed by atoms with Gasteiger partial charge in [-0.15, -0.1) is 0 Å². The Morgan fingerprint density at radius 3 is 2.40 bits per heavy atom. The Morgan fingerprint density at radius 1 is 1.24 bits per heavy atom. The number of carboxylic acids is 1. The molecule has 0 bridgehead atoms. The van der Waals surface area contributed by atoms with Crippen molar-refractivity contribution >= 4 is 29.2 Å². The van der Waals surface area contributed by atoms with E-state index in [9.17, 15) is 24.8 Å². The van der Waals surface area contributed by atoms with Gasteiger partial charge in [-0.05, 0) is 24.1 Å². The fourth-order valence-electron chi connectivity index (χ4n) is 2.34. The topological polar surface area (TPSA) is 110 Å². The molecule has 0 aliphatic rings. The van der Waals surface area contributed by atoms with Gasteiger partial charge in [-0.2, -0.15) is 0 Å². The number of amides is 1. The van der Waals surface area contributed by atoms with Crippen molar-refractivity contribution in [2.45, 2.75) is 19.4 Å². The van der Waals surface area contributed by atoms with Crippen molar-refractivity contribution in [2.75, 3.05) is 0 Å². The van der Waals surface area contributed by atoms with E-state index in [0.29, 0.717) is 11.1 Å². The van der Waals surface area contributed by atoms with Gasteiger partial charge >= 0.3 is 5.97 Å². The minimum Gasteiger partial charge on any atom is -0.480 e. The highest BCUT2D eigenvalue weighted by molar-refractivity contribution is 6.34. The van der Waals surface area contributed by atoms with Crippen molar-refractivity contribution in [1.29, 1.82) is 0 Å². The van der Waals surface area contributed by atoms with Crippen LogP contribution in [0.3, 0.4) is 0 Å². The van der Waals surface area contributed by atoms with Crippen molar-refractivity contribution < 1.29 is 19.6 Å². The lowest BCUT2D eigenvalue weighted by Gasteiger charge is -2.16. The molecule has 130 valence electrons. The number of aliphatic carboxylic acids is 1. The fraction of sp³-hybridized carbons (Fsp3) is 0.176. The average Bonchev–Trinajstić information content (AvgIpc) is 2.54. The zero-order chi connectivity index (χ0) is 18.6. The standard InChI is InChI=1S/C17H15ClN2O5/c1-10-3-2-4-13(18)15(10)16(21)19-14(17(22)23)9-11-5-7-12(8-6-11)20(24)25/h2-8,14H,9H2,1H3,(H,19,21)(H,22,23)/t14-/m0/s1. The molecule has 0 saturated heterocycles. The lowest BCUT2D eigenvalue weighted by molar-refractivity contribution is -0.384. The van der Waals surface area contributed by atoms with Crippen molar-refractivity contribution in [3.63, 3.8) is 0 Å². The molecule has 2 aromatic rings. The maximum atomic E-state index is 12.4. The molecule has 0 aromatic heterocycles. The summed E-state index contributed by atoms with van der Waals surface area (Å²) in [5, 5.41) is 22.7. The van der Waals surface area contributed by atoms with Gasteiger partial charge < -0.3 is 10.4 Å². The van der Waals surface area contributed by atoms with Crippen LogP contribution < -0.4 is 5.32 Å². The van der Waals surface area contributed by atoms with Gasteiger partial charge in [0.25, 0.3) is 11.6 Å². The number of hydrogen-bond donors (Lipinski definition) is 2. The molecule has 2 aromatic carbocycles. The first kappa shape index (κ1) is 18.4. The maximum absolute atomic E-state index is 12.4. The largest absolute Gasteiger partial charge is 0.480 e. The van der Waals surface area contributed by atoms with E-state index in [4.69, 9.17) is 11.6 Å². The van der Waals surface area contributed by atoms with Crippen LogP contribution in [0.25, 0.3) is 0 Å². The van der Waals surface area contributed by atoms with E-state index in [1.807, 2.05) is 0 Å². The number of halogens is 1. The predicted octanol–water partition coefficient (Wildman–Crippen LogP) is 2.98. The van der Waals surface area contributed by atoms with Gasteiger partial charge in [-0.25, -0.2) is 4.79 Å². The molecule has 7 nitrogen and oxygen atoms in total. The molecule has 0 spiro atoms. The Balaban J connectivity index is 2.17. The SMILES string of the molecule is Cc1cccc(Cl)c1C(=O)N[C@@H](Cc1ccc([N+](=O)[O-])cc1)C(=O)O. The molecule has 0 saturated carbocycles. The van der Waals surface area contributed by atoms with Gasteiger partial charge in [0.15, 0.2) is 0 Å². The number of nitrogens with one attached hydrogen (secondary N) is 1. The van der Waals surface area contributed by atoms with E-state index < -0.39 is 22.8 Å². The van der Waals surface area contributed by atoms with E-state index in [1.54, 1.807) is 25.1 Å². The lowest BCUT2D eigenvalue weighted by Crippen LogP contribution is -2.42. The van der Waals surface area contributed by atoms with E-state index in [-0.39, 0.29) is 22.7 Å². The Kier molecular flexibility index (Phi) is 5.71. The molecule has 8 heteroatoms. The summed E-state index contributed by atoms with van der Waals surface area (Å²) in [6.45, 7) is 1.70. The van der Waals surface area contributed by atoms with Gasteiger partial charge in [0.1, 0.15) is 6.04 Å². The first-order valence-electron chi connectivity index (χ1n) is 7.31. The average molecular weight is 363 g/mol. The summed E-state index contributed by atoms with van der Waals surface area (Å²) >= 11 is 6.02. The number of carboxylic acid groups (broad SMARTS) is 1. The Hall–Kier alpha value is -2.93. The van der Waals surface area contributed by atoms with Gasteiger partial charge in [-0.3, -0.25) is 14.9 Å². The van der Waals surface area contributed by atoms with E-state index in [2.05, 4.69) is 5.32 Å². The number of benzene rings is 2. The normalized spacial score (nSPS) is 11.6. The number of carbonyl (C=O) groups excluding carboxylic acids is 1. The molecular formula is C17H15ClN2O5. The van der Waals surface area contributed by atoms with Crippen LogP contribution in [-0.4, -0.2) is 27.9 Å². The first-order chi connectivity index (χ1) is 11.8. The molecule has 25 heavy (non-hydrogen) atoms. The zero-order valence-corrected chi connectivity index (χ0v) is 14.0. The predicted molar refractivity (Wildman–Crippen MR) is 91.9 cm³/mol. The summed E-state index contributed by atoms with van der Waals surface area (Å²) in [5.74, 6) is -1.80. The third kappa shape index (κ3) is 4.54. The van der Waals surface area contributed by atoms with Crippen molar-refractivity contribution in [2.24, 2.45) is 0 Å². The number of nitro benzene ring substituents is 1. The van der Waals surface area contributed by atoms with Gasteiger partial charge in [0.05, 0.1) is 15.5 Å². The Bertz CT molecular complexity index is 800. The summed E-state index contributed by atoms with van der Waals surface area (Å²) in [5.41, 5.74) is 1.31. The second kappa shape index (κ2) is 7.76. The maximum Gasteiger partial charge on any atom is 0.326 e. The molecule has 2 rings (SSSR count). The lowest BCUT2D eigenvalue weighted by atomic mass is 10.0. The van der Waals surface area contributed by atoms with Crippen molar-refractivity contribution in [1.82, 2.24) is 5.32 Å². The minimum absolute atomic E-state index is 0.0113. The second-order valence-corrected chi connectivity index (χ2v) is 5.83. The van der Waals surface area contributed by atoms with Crippen LogP contribution in [0.15, 0.2) is 42.5 Å². The number of nitro groups is 1. The fourth-order valence-corrected chi connectivity index (χ4v) is 2.65. The molecule has 0 heterocycles. The van der Waals surface area contributed by atoms with Crippen LogP contribution in [0.5, 0.6) is 0 Å². The van der Waals surface area contributed by atoms with Gasteiger partial charge in [0, 0.05) is 18.6 Å². The molecule has 0 aliphatic heterocycles. The number of nitrogens with zero attached hydrogens (tertiary/aromatic N) is 1. The van der Waals surface area contributed by atoms with Crippen LogP contribution in [0.2, 0.25) is 5.02 Å². The summed E-state index contributed by atoms with van der Waals surface area (Å²) in [6.07, 6.45) is -0.0113. The minimum atomic E-state index is -1.21. The summed E-state index contributed by atoms with van der Waals surface area (Å²) in [7, 11) is 0. The van der Waals surface area contributed by atoms with Crippen LogP contribution in [-0.2, 0) is 11.2 Å². The van der Waals surface area contributed by atoms with Crippen LogP contribution in [0.1, 0.15) is 21.5 Å². The van der Waals surface area contributed by atoms with E-state index in [0.717, 1.165) is 0 Å². The van der Waals surface area contributed by atoms with Crippen LogP contribution in [0.4, 0.5) is 5.69 Å². The smallest absolute Gasteiger partial charge is 0.326 e. The van der Waals surface area contributed by atoms with Crippen molar-refractivity contribution in [3.05, 3.63) is 74.3 Å². The molecule has 0 fully saturated rings. The molecule has 0 radical (unpaired) electrons. The number of aryl methyl sites for hydroxylation is 1. The molecular weight excluding hydrogens is 348 g/mol. The quantitative estimate of drug-likeness (QED) is 0.606. The monoisotopic (exact) mass is 362 g/mol. The summed E-state index contributed by atoms with van der Waals surface area (Å²) in [4.78, 5) is 34.0. The second-order valence-electron chi connectivity index (χ2n) is 5.42. The molecule has 1 atom stereocenters. The summed E-state index contributed by atoms with van der Waals surface area (Å²) in [6, 6.07) is 9.25. The molecule has 0 aliphatic carbocycles. The number of carbonyl (C=O) groups is 2. The number of rotatable bonds is 6. The Morgan fingerprint density at radius 2 is 1.88 bits per heavy atom.